The normalized spacial score (nSPS) is 10.9. The molecule has 0 amide bonds. The van der Waals surface area contributed by atoms with E-state index in [2.05, 4.69) is 31.4 Å². The molecule has 0 bridgehead atoms. The van der Waals surface area contributed by atoms with Crippen LogP contribution in [0, 0.1) is 0 Å². The molecule has 0 aliphatic carbocycles. The molecule has 0 saturated carbocycles. The lowest BCUT2D eigenvalue weighted by atomic mass is 10.2. The summed E-state index contributed by atoms with van der Waals surface area (Å²) in [5.74, 6) is 0.460. The van der Waals surface area contributed by atoms with E-state index in [1.165, 1.54) is 18.4 Å². The first kappa shape index (κ1) is 16.5. The topological polar surface area (TPSA) is 66.7 Å². The van der Waals surface area contributed by atoms with Crippen molar-refractivity contribution < 1.29 is 9.84 Å². The maximum absolute atomic E-state index is 9.82. The molecule has 0 unspecified atom stereocenters. The van der Waals surface area contributed by atoms with Gasteiger partial charge in [-0.3, -0.25) is 5.43 Å². The highest BCUT2D eigenvalue weighted by Gasteiger charge is 2.07. The van der Waals surface area contributed by atoms with E-state index in [0.717, 1.165) is 21.3 Å². The average molecular weight is 404 g/mol. The van der Waals surface area contributed by atoms with Gasteiger partial charge in [-0.05, 0) is 28.1 Å². The second-order valence-corrected chi connectivity index (χ2v) is 6.53. The molecule has 0 fully saturated rings. The van der Waals surface area contributed by atoms with Gasteiger partial charge in [0.1, 0.15) is 0 Å². The summed E-state index contributed by atoms with van der Waals surface area (Å²) in [6.45, 7) is 0. The Labute approximate surface area is 151 Å². The number of nitrogens with zero attached hydrogens (tertiary/aromatic N) is 2. The van der Waals surface area contributed by atoms with Crippen molar-refractivity contribution in [2.24, 2.45) is 5.10 Å². The molecule has 24 heavy (non-hydrogen) atoms. The predicted octanol–water partition coefficient (Wildman–Crippen LogP) is 4.73. The fourth-order valence-corrected chi connectivity index (χ4v) is 3.14. The largest absolute Gasteiger partial charge is 0.504 e. The van der Waals surface area contributed by atoms with Crippen LogP contribution >= 0.6 is 27.3 Å². The number of nitrogens with one attached hydrogen (secondary N) is 1. The molecule has 1 aromatic heterocycles. The summed E-state index contributed by atoms with van der Waals surface area (Å²) in [7, 11) is 1.50. The van der Waals surface area contributed by atoms with Crippen molar-refractivity contribution in [3.8, 4) is 22.8 Å². The first-order chi connectivity index (χ1) is 11.7. The van der Waals surface area contributed by atoms with Crippen LogP contribution in [0.25, 0.3) is 11.3 Å². The quantitative estimate of drug-likeness (QED) is 0.477. The third-order valence-corrected chi connectivity index (χ3v) is 4.67. The molecule has 0 saturated heterocycles. The van der Waals surface area contributed by atoms with E-state index in [1.54, 1.807) is 18.3 Å². The summed E-state index contributed by atoms with van der Waals surface area (Å²) in [5.41, 5.74) is 5.59. The minimum Gasteiger partial charge on any atom is -0.504 e. The Morgan fingerprint density at radius 1 is 1.29 bits per heavy atom. The van der Waals surface area contributed by atoms with Crippen molar-refractivity contribution in [1.82, 2.24) is 4.98 Å². The number of rotatable bonds is 5. The smallest absolute Gasteiger partial charge is 0.203 e. The standard InChI is InChI=1S/C17H14BrN3O2S/c1-23-16-8-13(18)12(7-15(16)22)9-19-21-17-20-14(10-24-17)11-5-3-2-4-6-11/h2-10,22H,1H3,(H,20,21). The molecule has 5 nitrogen and oxygen atoms in total. The van der Waals surface area contributed by atoms with E-state index in [4.69, 9.17) is 4.74 Å². The highest BCUT2D eigenvalue weighted by molar-refractivity contribution is 9.10. The molecule has 1 heterocycles. The summed E-state index contributed by atoms with van der Waals surface area (Å²) < 4.78 is 5.82. The Balaban J connectivity index is 1.71. The minimum atomic E-state index is 0.0581. The van der Waals surface area contributed by atoms with Crippen molar-refractivity contribution in [3.63, 3.8) is 0 Å². The van der Waals surface area contributed by atoms with Gasteiger partial charge in [0.15, 0.2) is 11.5 Å². The summed E-state index contributed by atoms with van der Waals surface area (Å²) in [6.07, 6.45) is 1.60. The summed E-state index contributed by atoms with van der Waals surface area (Å²) in [6, 6.07) is 13.2. The zero-order valence-corrected chi connectivity index (χ0v) is 15.1. The van der Waals surface area contributed by atoms with Gasteiger partial charge in [0.2, 0.25) is 5.13 Å². The number of benzene rings is 2. The number of methoxy groups -OCH3 is 1. The van der Waals surface area contributed by atoms with Crippen molar-refractivity contribution in [2.75, 3.05) is 12.5 Å². The zero-order chi connectivity index (χ0) is 16.9. The molecular formula is C17H14BrN3O2S. The van der Waals surface area contributed by atoms with Crippen LogP contribution < -0.4 is 10.2 Å². The number of halogens is 1. The van der Waals surface area contributed by atoms with Gasteiger partial charge in [0.05, 0.1) is 19.0 Å². The molecule has 7 heteroatoms. The van der Waals surface area contributed by atoms with Crippen LogP contribution in [-0.2, 0) is 0 Å². The van der Waals surface area contributed by atoms with Crippen molar-refractivity contribution in [3.05, 3.63) is 57.9 Å². The lowest BCUT2D eigenvalue weighted by Crippen LogP contribution is -1.92. The van der Waals surface area contributed by atoms with E-state index in [1.807, 2.05) is 35.7 Å². The zero-order valence-electron chi connectivity index (χ0n) is 12.7. The molecule has 3 rings (SSSR count). The Hall–Kier alpha value is -2.38. The Morgan fingerprint density at radius 2 is 2.08 bits per heavy atom. The number of phenolic OH excluding ortho intramolecular Hbond substituents is 1. The molecule has 0 atom stereocenters. The van der Waals surface area contributed by atoms with Crippen LogP contribution in [0.1, 0.15) is 5.56 Å². The van der Waals surface area contributed by atoms with E-state index >= 15 is 0 Å². The average Bonchev–Trinajstić information content (AvgIpc) is 3.07. The second-order valence-electron chi connectivity index (χ2n) is 4.82. The third kappa shape index (κ3) is 3.74. The highest BCUT2D eigenvalue weighted by atomic mass is 79.9. The highest BCUT2D eigenvalue weighted by Crippen LogP contribution is 2.31. The molecule has 0 spiro atoms. The summed E-state index contributed by atoms with van der Waals surface area (Å²) in [5, 5.41) is 16.7. The molecule has 0 radical (unpaired) electrons. The molecule has 0 aliphatic heterocycles. The summed E-state index contributed by atoms with van der Waals surface area (Å²) in [4.78, 5) is 4.49. The van der Waals surface area contributed by atoms with Gasteiger partial charge in [0.25, 0.3) is 0 Å². The fourth-order valence-electron chi connectivity index (χ4n) is 2.05. The molecule has 2 N–H and O–H groups in total. The summed E-state index contributed by atoms with van der Waals surface area (Å²) >= 11 is 4.90. The molecule has 3 aromatic rings. The second kappa shape index (κ2) is 7.46. The van der Waals surface area contributed by atoms with Gasteiger partial charge in [-0.15, -0.1) is 11.3 Å². The lowest BCUT2D eigenvalue weighted by molar-refractivity contribution is 0.373. The van der Waals surface area contributed by atoms with E-state index in [-0.39, 0.29) is 5.75 Å². The van der Waals surface area contributed by atoms with Crippen molar-refractivity contribution in [2.45, 2.75) is 0 Å². The van der Waals surface area contributed by atoms with Crippen LogP contribution in [0.2, 0.25) is 0 Å². The van der Waals surface area contributed by atoms with Gasteiger partial charge in [-0.25, -0.2) is 4.98 Å². The van der Waals surface area contributed by atoms with E-state index in [9.17, 15) is 5.11 Å². The van der Waals surface area contributed by atoms with Gasteiger partial charge < -0.3 is 9.84 Å². The predicted molar refractivity (Wildman–Crippen MR) is 101 cm³/mol. The number of hydrogen-bond acceptors (Lipinski definition) is 6. The number of ether oxygens (including phenoxy) is 1. The number of aromatic hydroxyl groups is 1. The third-order valence-electron chi connectivity index (χ3n) is 3.24. The van der Waals surface area contributed by atoms with E-state index in [0.29, 0.717) is 10.9 Å². The number of hydrogen-bond donors (Lipinski definition) is 2. The van der Waals surface area contributed by atoms with E-state index < -0.39 is 0 Å². The van der Waals surface area contributed by atoms with Crippen LogP contribution in [-0.4, -0.2) is 23.4 Å². The maximum Gasteiger partial charge on any atom is 0.203 e. The Morgan fingerprint density at radius 3 is 2.83 bits per heavy atom. The van der Waals surface area contributed by atoms with Crippen molar-refractivity contribution in [1.29, 1.82) is 0 Å². The lowest BCUT2D eigenvalue weighted by Gasteiger charge is -2.05. The van der Waals surface area contributed by atoms with Crippen LogP contribution in [0.4, 0.5) is 5.13 Å². The number of phenols is 1. The first-order valence-electron chi connectivity index (χ1n) is 7.04. The number of thiazole rings is 1. The molecule has 122 valence electrons. The van der Waals surface area contributed by atoms with Crippen molar-refractivity contribution >= 4 is 38.6 Å². The monoisotopic (exact) mass is 403 g/mol. The fraction of sp³-hybridized carbons (Fsp3) is 0.0588. The number of anilines is 1. The van der Waals surface area contributed by atoms with Gasteiger partial charge >= 0.3 is 0 Å². The SMILES string of the molecule is COc1cc(Br)c(C=NNc2nc(-c3ccccc3)cs2)cc1O. The molecule has 0 aliphatic rings. The van der Waals surface area contributed by atoms with Crippen LogP contribution in [0.15, 0.2) is 57.4 Å². The van der Waals surface area contributed by atoms with Gasteiger partial charge in [-0.1, -0.05) is 30.3 Å². The Kier molecular flexibility index (Phi) is 5.12. The molecular weight excluding hydrogens is 390 g/mol. The number of hydrazone groups is 1. The van der Waals surface area contributed by atoms with Crippen LogP contribution in [0.3, 0.4) is 0 Å². The Bertz CT molecular complexity index is 866. The molecule has 2 aromatic carbocycles. The van der Waals surface area contributed by atoms with Gasteiger partial charge in [0, 0.05) is 21.0 Å². The maximum atomic E-state index is 9.82. The number of aromatic nitrogens is 1. The minimum absolute atomic E-state index is 0.0581. The van der Waals surface area contributed by atoms with Crippen LogP contribution in [0.5, 0.6) is 11.5 Å². The first-order valence-corrected chi connectivity index (χ1v) is 8.71. The van der Waals surface area contributed by atoms with Gasteiger partial charge in [-0.2, -0.15) is 5.10 Å².